The number of ether oxygens (including phenoxy) is 1. The predicted molar refractivity (Wildman–Crippen MR) is 146 cm³/mol. The molecule has 8 heteroatoms. The first-order valence-corrected chi connectivity index (χ1v) is 12.6. The van der Waals surface area contributed by atoms with Crippen LogP contribution in [0.2, 0.25) is 0 Å². The van der Waals surface area contributed by atoms with Crippen molar-refractivity contribution < 1.29 is 4.74 Å². The second-order valence-corrected chi connectivity index (χ2v) is 9.12. The third-order valence-electron chi connectivity index (χ3n) is 6.48. The van der Waals surface area contributed by atoms with Crippen molar-refractivity contribution in [1.82, 2.24) is 24.8 Å². The fourth-order valence-corrected chi connectivity index (χ4v) is 4.58. The molecular formula is C29H29N7O. The Morgan fingerprint density at radius 1 is 0.892 bits per heavy atom. The molecule has 8 nitrogen and oxygen atoms in total. The van der Waals surface area contributed by atoms with Gasteiger partial charge in [0.1, 0.15) is 11.5 Å². The second-order valence-electron chi connectivity index (χ2n) is 9.12. The van der Waals surface area contributed by atoms with E-state index in [9.17, 15) is 0 Å². The van der Waals surface area contributed by atoms with Crippen molar-refractivity contribution in [3.8, 4) is 11.5 Å². The third kappa shape index (κ3) is 5.39. The number of benzene rings is 3. The maximum atomic E-state index is 5.92. The molecule has 37 heavy (non-hydrogen) atoms. The summed E-state index contributed by atoms with van der Waals surface area (Å²) in [6.07, 6.45) is 4.13. The minimum atomic E-state index is 0.317. The summed E-state index contributed by atoms with van der Waals surface area (Å²) < 4.78 is 8.10. The molecule has 0 bridgehead atoms. The van der Waals surface area contributed by atoms with Crippen LogP contribution in [0, 0.1) is 0 Å². The molecule has 6 rings (SSSR count). The molecule has 1 fully saturated rings. The molecule has 3 heterocycles. The fourth-order valence-electron chi connectivity index (χ4n) is 4.58. The predicted octanol–water partition coefficient (Wildman–Crippen LogP) is 5.90. The Morgan fingerprint density at radius 3 is 2.41 bits per heavy atom. The van der Waals surface area contributed by atoms with Gasteiger partial charge in [0.05, 0.1) is 6.33 Å². The SMILES string of the molecule is c1ccc(CNc2nc(Nc3ccc(Oc4ccccc4)cc3)nc3c2ncn3C2CCCNC2)cc1. The highest BCUT2D eigenvalue weighted by Crippen LogP contribution is 2.28. The molecule has 0 spiro atoms. The van der Waals surface area contributed by atoms with Crippen molar-refractivity contribution >= 4 is 28.6 Å². The second kappa shape index (κ2) is 10.7. The number of hydrogen-bond acceptors (Lipinski definition) is 7. The van der Waals surface area contributed by atoms with E-state index in [1.165, 1.54) is 5.56 Å². The van der Waals surface area contributed by atoms with Crippen LogP contribution in [0.1, 0.15) is 24.4 Å². The summed E-state index contributed by atoms with van der Waals surface area (Å²) in [5, 5.41) is 10.3. The van der Waals surface area contributed by atoms with Gasteiger partial charge in [0.15, 0.2) is 17.0 Å². The Balaban J connectivity index is 1.28. The van der Waals surface area contributed by atoms with E-state index in [2.05, 4.69) is 32.7 Å². The third-order valence-corrected chi connectivity index (χ3v) is 6.48. The molecule has 1 aliphatic rings. The highest BCUT2D eigenvalue weighted by Gasteiger charge is 2.21. The van der Waals surface area contributed by atoms with Crippen molar-refractivity contribution in [3.05, 3.63) is 96.8 Å². The Labute approximate surface area is 215 Å². The van der Waals surface area contributed by atoms with E-state index in [4.69, 9.17) is 19.7 Å². The number of nitrogens with zero attached hydrogens (tertiary/aromatic N) is 4. The molecule has 0 saturated carbocycles. The summed E-state index contributed by atoms with van der Waals surface area (Å²) in [6.45, 7) is 2.61. The van der Waals surface area contributed by atoms with Crippen LogP contribution in [0.15, 0.2) is 91.3 Å². The van der Waals surface area contributed by atoms with Gasteiger partial charge in [0, 0.05) is 24.8 Å². The molecule has 1 atom stereocenters. The van der Waals surface area contributed by atoms with Gasteiger partial charge in [0.25, 0.3) is 0 Å². The smallest absolute Gasteiger partial charge is 0.231 e. The van der Waals surface area contributed by atoms with Crippen LogP contribution in [-0.4, -0.2) is 32.6 Å². The molecule has 3 N–H and O–H groups in total. The topological polar surface area (TPSA) is 88.9 Å². The normalized spacial score (nSPS) is 15.4. The van der Waals surface area contributed by atoms with Gasteiger partial charge in [-0.2, -0.15) is 9.97 Å². The van der Waals surface area contributed by atoms with Crippen molar-refractivity contribution in [1.29, 1.82) is 0 Å². The van der Waals surface area contributed by atoms with E-state index in [0.717, 1.165) is 54.3 Å². The molecule has 3 aromatic carbocycles. The van der Waals surface area contributed by atoms with Gasteiger partial charge >= 0.3 is 0 Å². The molecule has 186 valence electrons. The van der Waals surface area contributed by atoms with E-state index >= 15 is 0 Å². The lowest BCUT2D eigenvalue weighted by molar-refractivity contribution is 0.376. The minimum absolute atomic E-state index is 0.317. The zero-order valence-corrected chi connectivity index (χ0v) is 20.5. The van der Waals surface area contributed by atoms with Crippen molar-refractivity contribution in [2.24, 2.45) is 0 Å². The number of imidazole rings is 1. The standard InChI is InChI=1S/C29H29N7O/c1-3-8-21(9-4-1)18-31-27-26-28(36(20-32-26)23-10-7-17-30-19-23)35-29(34-27)33-22-13-15-25(16-14-22)37-24-11-5-2-6-12-24/h1-6,8-9,11-16,20,23,30H,7,10,17-19H2,(H2,31,33,34,35). The van der Waals surface area contributed by atoms with E-state index in [1.54, 1.807) is 0 Å². The molecular weight excluding hydrogens is 462 g/mol. The van der Waals surface area contributed by atoms with Crippen LogP contribution in [0.3, 0.4) is 0 Å². The van der Waals surface area contributed by atoms with E-state index in [-0.39, 0.29) is 0 Å². The Morgan fingerprint density at radius 2 is 1.65 bits per heavy atom. The van der Waals surface area contributed by atoms with Gasteiger partial charge in [-0.1, -0.05) is 48.5 Å². The van der Waals surface area contributed by atoms with E-state index in [1.807, 2.05) is 79.1 Å². The fraction of sp³-hybridized carbons (Fsp3) is 0.207. The summed E-state index contributed by atoms with van der Waals surface area (Å²) in [5.41, 5.74) is 3.65. The van der Waals surface area contributed by atoms with Crippen molar-refractivity contribution in [2.45, 2.75) is 25.4 Å². The first-order valence-electron chi connectivity index (χ1n) is 12.6. The van der Waals surface area contributed by atoms with E-state index < -0.39 is 0 Å². The number of aromatic nitrogens is 4. The average Bonchev–Trinajstić information content (AvgIpc) is 3.39. The van der Waals surface area contributed by atoms with Crippen molar-refractivity contribution in [2.75, 3.05) is 23.7 Å². The number of para-hydroxylation sites is 1. The summed E-state index contributed by atoms with van der Waals surface area (Å²) in [7, 11) is 0. The zero-order chi connectivity index (χ0) is 24.9. The lowest BCUT2D eigenvalue weighted by Gasteiger charge is -2.24. The van der Waals surface area contributed by atoms with Gasteiger partial charge in [-0.3, -0.25) is 0 Å². The molecule has 0 radical (unpaired) electrons. The summed E-state index contributed by atoms with van der Waals surface area (Å²) in [4.78, 5) is 14.4. The summed E-state index contributed by atoms with van der Waals surface area (Å²) in [6, 6.07) is 28.1. The van der Waals surface area contributed by atoms with Gasteiger partial charge < -0.3 is 25.3 Å². The molecule has 0 aliphatic carbocycles. The van der Waals surface area contributed by atoms with Crippen LogP contribution < -0.4 is 20.7 Å². The Bertz CT molecular complexity index is 1450. The number of fused-ring (bicyclic) bond motifs is 1. The van der Waals surface area contributed by atoms with Gasteiger partial charge in [-0.15, -0.1) is 0 Å². The lowest BCUT2D eigenvalue weighted by atomic mass is 10.1. The molecule has 1 aliphatic heterocycles. The molecule has 1 saturated heterocycles. The Kier molecular flexibility index (Phi) is 6.64. The number of hydrogen-bond donors (Lipinski definition) is 3. The highest BCUT2D eigenvalue weighted by molar-refractivity contribution is 5.85. The number of rotatable bonds is 8. The first-order chi connectivity index (χ1) is 18.3. The largest absolute Gasteiger partial charge is 0.457 e. The maximum absolute atomic E-state index is 5.92. The maximum Gasteiger partial charge on any atom is 0.231 e. The van der Waals surface area contributed by atoms with Crippen LogP contribution >= 0.6 is 0 Å². The average molecular weight is 492 g/mol. The number of anilines is 3. The number of nitrogens with one attached hydrogen (secondary N) is 3. The molecule has 5 aromatic rings. The molecule has 0 amide bonds. The Hall–Kier alpha value is -4.43. The lowest BCUT2D eigenvalue weighted by Crippen LogP contribution is -2.31. The molecule has 1 unspecified atom stereocenters. The van der Waals surface area contributed by atoms with Crippen molar-refractivity contribution in [3.63, 3.8) is 0 Å². The van der Waals surface area contributed by atoms with Gasteiger partial charge in [-0.25, -0.2) is 4.98 Å². The van der Waals surface area contributed by atoms with Crippen LogP contribution in [0.5, 0.6) is 11.5 Å². The zero-order valence-electron chi connectivity index (χ0n) is 20.5. The van der Waals surface area contributed by atoms with Crippen LogP contribution in [0.25, 0.3) is 11.2 Å². The monoisotopic (exact) mass is 491 g/mol. The van der Waals surface area contributed by atoms with Gasteiger partial charge in [0.2, 0.25) is 5.95 Å². The first kappa shape index (κ1) is 23.0. The van der Waals surface area contributed by atoms with Crippen LogP contribution in [-0.2, 0) is 6.54 Å². The van der Waals surface area contributed by atoms with Crippen LogP contribution in [0.4, 0.5) is 17.5 Å². The highest BCUT2D eigenvalue weighted by atomic mass is 16.5. The summed E-state index contributed by atoms with van der Waals surface area (Å²) in [5.74, 6) is 2.80. The summed E-state index contributed by atoms with van der Waals surface area (Å²) >= 11 is 0. The van der Waals surface area contributed by atoms with Gasteiger partial charge in [-0.05, 0) is 61.3 Å². The minimum Gasteiger partial charge on any atom is -0.457 e. The molecule has 2 aromatic heterocycles. The quantitative estimate of drug-likeness (QED) is 0.249. The van der Waals surface area contributed by atoms with E-state index in [0.29, 0.717) is 24.4 Å². The number of piperidine rings is 1.